The number of hydrogen-bond acceptors (Lipinski definition) is 4. The number of rotatable bonds is 7. The van der Waals surface area contributed by atoms with Crippen LogP contribution in [0.3, 0.4) is 0 Å². The van der Waals surface area contributed by atoms with E-state index in [1.165, 1.54) is 13.5 Å². The average Bonchev–Trinajstić information content (AvgIpc) is 2.68. The number of carbonyl (C=O) groups excluding carboxylic acids is 2. The molecule has 0 aromatic heterocycles. The zero-order valence-electron chi connectivity index (χ0n) is 16.8. The third-order valence-electron chi connectivity index (χ3n) is 5.20. The summed E-state index contributed by atoms with van der Waals surface area (Å²) in [5.74, 6) is 0.376. The van der Waals surface area contributed by atoms with Crippen molar-refractivity contribution in [2.24, 2.45) is 17.1 Å². The number of hydrogen-bond donors (Lipinski definition) is 2. The van der Waals surface area contributed by atoms with Crippen molar-refractivity contribution in [2.75, 3.05) is 25.5 Å². The molecule has 2 rings (SSSR count). The van der Waals surface area contributed by atoms with Crippen LogP contribution in [0.5, 0.6) is 0 Å². The summed E-state index contributed by atoms with van der Waals surface area (Å²) in [7, 11) is 1.33. The Hall–Kier alpha value is -2.08. The standard InChI is InChI=1S/C21H33N3O3/c1-21(2,14-22)15-24(19(25)17-7-5-4-6-8-17)13-16-9-11-18(12-10-16)23-20(26)27-3/h9-12,17H,4-8,13-15,22H2,1-3H3,(H,23,26). The molecular weight excluding hydrogens is 342 g/mol. The molecule has 0 atom stereocenters. The van der Waals surface area contributed by atoms with E-state index < -0.39 is 6.09 Å². The van der Waals surface area contributed by atoms with Crippen molar-refractivity contribution in [3.05, 3.63) is 29.8 Å². The fourth-order valence-electron chi connectivity index (χ4n) is 3.48. The highest BCUT2D eigenvalue weighted by Crippen LogP contribution is 2.28. The van der Waals surface area contributed by atoms with Crippen LogP contribution in [0.2, 0.25) is 0 Å². The zero-order valence-corrected chi connectivity index (χ0v) is 16.8. The van der Waals surface area contributed by atoms with E-state index in [-0.39, 0.29) is 17.2 Å². The topological polar surface area (TPSA) is 84.7 Å². The van der Waals surface area contributed by atoms with Gasteiger partial charge in [-0.05, 0) is 42.5 Å². The summed E-state index contributed by atoms with van der Waals surface area (Å²) >= 11 is 0. The van der Waals surface area contributed by atoms with Gasteiger partial charge >= 0.3 is 6.09 Å². The number of methoxy groups -OCH3 is 1. The Morgan fingerprint density at radius 1 is 1.19 bits per heavy atom. The molecule has 6 heteroatoms. The number of nitrogens with one attached hydrogen (secondary N) is 1. The zero-order chi connectivity index (χ0) is 19.9. The Balaban J connectivity index is 2.10. The smallest absolute Gasteiger partial charge is 0.411 e. The molecule has 3 N–H and O–H groups in total. The van der Waals surface area contributed by atoms with Crippen molar-refractivity contribution in [1.82, 2.24) is 4.90 Å². The number of carbonyl (C=O) groups is 2. The van der Waals surface area contributed by atoms with Gasteiger partial charge in [0.15, 0.2) is 0 Å². The minimum atomic E-state index is -0.499. The Bertz CT molecular complexity index is 622. The van der Waals surface area contributed by atoms with Crippen molar-refractivity contribution in [3.63, 3.8) is 0 Å². The van der Waals surface area contributed by atoms with Crippen molar-refractivity contribution in [2.45, 2.75) is 52.5 Å². The third kappa shape index (κ3) is 6.54. The van der Waals surface area contributed by atoms with Crippen LogP contribution in [0.1, 0.15) is 51.5 Å². The Morgan fingerprint density at radius 2 is 1.81 bits per heavy atom. The monoisotopic (exact) mass is 375 g/mol. The molecule has 0 bridgehead atoms. The van der Waals surface area contributed by atoms with E-state index in [1.807, 2.05) is 29.2 Å². The lowest BCUT2D eigenvalue weighted by Gasteiger charge is -2.35. The van der Waals surface area contributed by atoms with Gasteiger partial charge in [0.25, 0.3) is 0 Å². The van der Waals surface area contributed by atoms with E-state index in [2.05, 4.69) is 23.9 Å². The van der Waals surface area contributed by atoms with Gasteiger partial charge in [-0.15, -0.1) is 0 Å². The molecule has 1 aromatic rings. The predicted octanol–water partition coefficient (Wildman–Crippen LogP) is 3.76. The minimum Gasteiger partial charge on any atom is -0.453 e. The molecule has 2 amide bonds. The van der Waals surface area contributed by atoms with Gasteiger partial charge in [-0.3, -0.25) is 10.1 Å². The summed E-state index contributed by atoms with van der Waals surface area (Å²) in [5.41, 5.74) is 7.48. The van der Waals surface area contributed by atoms with Gasteiger partial charge < -0.3 is 15.4 Å². The number of anilines is 1. The van der Waals surface area contributed by atoms with E-state index in [4.69, 9.17) is 5.73 Å². The average molecular weight is 376 g/mol. The largest absolute Gasteiger partial charge is 0.453 e. The van der Waals surface area contributed by atoms with E-state index in [1.54, 1.807) is 0 Å². The van der Waals surface area contributed by atoms with Crippen LogP contribution >= 0.6 is 0 Å². The molecule has 27 heavy (non-hydrogen) atoms. The van der Waals surface area contributed by atoms with Crippen LogP contribution < -0.4 is 11.1 Å². The Labute approximate surface area is 162 Å². The maximum Gasteiger partial charge on any atom is 0.411 e. The van der Waals surface area contributed by atoms with E-state index >= 15 is 0 Å². The van der Waals surface area contributed by atoms with Crippen LogP contribution in [-0.4, -0.2) is 37.1 Å². The summed E-state index contributed by atoms with van der Waals surface area (Å²) in [5, 5.41) is 2.64. The van der Waals surface area contributed by atoms with E-state index in [0.29, 0.717) is 25.3 Å². The molecule has 150 valence electrons. The fraction of sp³-hybridized carbons (Fsp3) is 0.619. The quantitative estimate of drug-likeness (QED) is 0.760. The van der Waals surface area contributed by atoms with Crippen LogP contribution in [0.25, 0.3) is 0 Å². The second-order valence-corrected chi connectivity index (χ2v) is 8.21. The summed E-state index contributed by atoms with van der Waals surface area (Å²) in [4.78, 5) is 26.4. The summed E-state index contributed by atoms with van der Waals surface area (Å²) in [6, 6.07) is 7.51. The number of nitrogens with zero attached hydrogens (tertiary/aromatic N) is 1. The SMILES string of the molecule is COC(=O)Nc1ccc(CN(CC(C)(C)CN)C(=O)C2CCCCC2)cc1. The van der Waals surface area contributed by atoms with Crippen LogP contribution in [-0.2, 0) is 16.1 Å². The Morgan fingerprint density at radius 3 is 2.37 bits per heavy atom. The highest BCUT2D eigenvalue weighted by molar-refractivity contribution is 5.84. The molecule has 0 saturated heterocycles. The third-order valence-corrected chi connectivity index (χ3v) is 5.20. The first kappa shape index (κ1) is 21.2. The fourth-order valence-corrected chi connectivity index (χ4v) is 3.48. The maximum absolute atomic E-state index is 13.2. The van der Waals surface area contributed by atoms with Crippen molar-refractivity contribution < 1.29 is 14.3 Å². The normalized spacial score (nSPS) is 15.3. The van der Waals surface area contributed by atoms with Crippen molar-refractivity contribution >= 4 is 17.7 Å². The molecule has 1 aliphatic carbocycles. The van der Waals surface area contributed by atoms with Crippen LogP contribution in [0, 0.1) is 11.3 Å². The predicted molar refractivity (Wildman–Crippen MR) is 107 cm³/mol. The van der Waals surface area contributed by atoms with Gasteiger partial charge in [-0.2, -0.15) is 0 Å². The molecule has 0 unspecified atom stereocenters. The molecule has 1 fully saturated rings. The van der Waals surface area contributed by atoms with E-state index in [0.717, 1.165) is 31.2 Å². The molecule has 0 aliphatic heterocycles. The lowest BCUT2D eigenvalue weighted by Crippen LogP contribution is -2.44. The lowest BCUT2D eigenvalue weighted by molar-refractivity contribution is -0.138. The van der Waals surface area contributed by atoms with Gasteiger partial charge in [-0.25, -0.2) is 4.79 Å². The Kier molecular flexibility index (Phi) is 7.66. The number of benzene rings is 1. The second kappa shape index (κ2) is 9.74. The van der Waals surface area contributed by atoms with E-state index in [9.17, 15) is 9.59 Å². The van der Waals surface area contributed by atoms with Crippen LogP contribution in [0.15, 0.2) is 24.3 Å². The molecule has 1 saturated carbocycles. The van der Waals surface area contributed by atoms with Gasteiger partial charge in [-0.1, -0.05) is 45.2 Å². The number of amides is 2. The van der Waals surface area contributed by atoms with Gasteiger partial charge in [0, 0.05) is 24.7 Å². The molecule has 1 aromatic carbocycles. The van der Waals surface area contributed by atoms with Gasteiger partial charge in [0.05, 0.1) is 7.11 Å². The first-order valence-electron chi connectivity index (χ1n) is 9.77. The van der Waals surface area contributed by atoms with Gasteiger partial charge in [0.1, 0.15) is 0 Å². The molecule has 6 nitrogen and oxygen atoms in total. The molecule has 1 aliphatic rings. The van der Waals surface area contributed by atoms with Gasteiger partial charge in [0.2, 0.25) is 5.91 Å². The molecule has 0 spiro atoms. The van der Waals surface area contributed by atoms with Crippen LogP contribution in [0.4, 0.5) is 10.5 Å². The first-order valence-corrected chi connectivity index (χ1v) is 9.77. The molecule has 0 radical (unpaired) electrons. The highest BCUT2D eigenvalue weighted by Gasteiger charge is 2.29. The summed E-state index contributed by atoms with van der Waals surface area (Å²) in [6.45, 7) is 5.91. The maximum atomic E-state index is 13.2. The minimum absolute atomic E-state index is 0.128. The van der Waals surface area contributed by atoms with Crippen molar-refractivity contribution in [1.29, 1.82) is 0 Å². The second-order valence-electron chi connectivity index (χ2n) is 8.21. The lowest BCUT2D eigenvalue weighted by atomic mass is 9.87. The molecular formula is C21H33N3O3. The molecule has 0 heterocycles. The number of nitrogens with two attached hydrogens (primary N) is 1. The number of ether oxygens (including phenoxy) is 1. The summed E-state index contributed by atoms with van der Waals surface area (Å²) < 4.78 is 4.60. The first-order chi connectivity index (χ1) is 12.8. The summed E-state index contributed by atoms with van der Waals surface area (Å²) in [6.07, 6.45) is 4.98. The highest BCUT2D eigenvalue weighted by atomic mass is 16.5. The van der Waals surface area contributed by atoms with Crippen molar-refractivity contribution in [3.8, 4) is 0 Å².